The van der Waals surface area contributed by atoms with Crippen molar-refractivity contribution in [3.8, 4) is 0 Å². The average molecular weight is 211 g/mol. The quantitative estimate of drug-likeness (QED) is 0.519. The van der Waals surface area contributed by atoms with Gasteiger partial charge in [-0.2, -0.15) is 0 Å². The number of rotatable bonds is 9. The fraction of sp³-hybridized carbons (Fsp3) is 1.00. The molecule has 1 saturated carbocycles. The van der Waals surface area contributed by atoms with Gasteiger partial charge in [0.25, 0.3) is 0 Å². The van der Waals surface area contributed by atoms with E-state index in [9.17, 15) is 0 Å². The Bertz CT molecular complexity index is 151. The first-order chi connectivity index (χ1) is 7.27. The van der Waals surface area contributed by atoms with E-state index < -0.39 is 0 Å². The third-order valence-electron chi connectivity index (χ3n) is 3.57. The van der Waals surface area contributed by atoms with Crippen LogP contribution in [0.1, 0.15) is 65.7 Å². The van der Waals surface area contributed by atoms with Gasteiger partial charge in [0.15, 0.2) is 0 Å². The minimum Gasteiger partial charge on any atom is -0.300 e. The number of hydrogen-bond acceptors (Lipinski definition) is 1. The molecule has 1 unspecified atom stereocenters. The molecule has 0 amide bonds. The van der Waals surface area contributed by atoms with Crippen molar-refractivity contribution >= 4 is 0 Å². The van der Waals surface area contributed by atoms with Crippen LogP contribution in [-0.2, 0) is 0 Å². The van der Waals surface area contributed by atoms with Crippen LogP contribution >= 0.6 is 0 Å². The van der Waals surface area contributed by atoms with Gasteiger partial charge in [0.2, 0.25) is 0 Å². The van der Waals surface area contributed by atoms with E-state index in [1.54, 1.807) is 0 Å². The molecule has 1 heteroatoms. The van der Waals surface area contributed by atoms with E-state index >= 15 is 0 Å². The van der Waals surface area contributed by atoms with E-state index in [0.717, 1.165) is 12.0 Å². The predicted octanol–water partition coefficient (Wildman–Crippen LogP) is 4.08. The number of hydrogen-bond donors (Lipinski definition) is 0. The van der Waals surface area contributed by atoms with Crippen molar-refractivity contribution < 1.29 is 0 Å². The smallest absolute Gasteiger partial charge is 0.00669 e. The van der Waals surface area contributed by atoms with E-state index in [2.05, 4.69) is 25.7 Å². The van der Waals surface area contributed by atoms with Gasteiger partial charge >= 0.3 is 0 Å². The molecule has 0 spiro atoms. The van der Waals surface area contributed by atoms with Gasteiger partial charge in [0.05, 0.1) is 0 Å². The molecule has 0 saturated heterocycles. The van der Waals surface area contributed by atoms with Gasteiger partial charge in [-0.05, 0) is 45.1 Å². The Hall–Kier alpha value is -0.0400. The molecular weight excluding hydrogens is 182 g/mol. The second-order valence-corrected chi connectivity index (χ2v) is 5.28. The van der Waals surface area contributed by atoms with Crippen LogP contribution in [0.5, 0.6) is 0 Å². The van der Waals surface area contributed by atoms with Gasteiger partial charge in [-0.3, -0.25) is 0 Å². The van der Waals surface area contributed by atoms with Crippen molar-refractivity contribution in [3.05, 3.63) is 0 Å². The topological polar surface area (TPSA) is 3.24 Å². The first-order valence-electron chi connectivity index (χ1n) is 7.02. The van der Waals surface area contributed by atoms with Gasteiger partial charge in [-0.25, -0.2) is 0 Å². The minimum atomic E-state index is 0.812. The second-order valence-electron chi connectivity index (χ2n) is 5.28. The van der Waals surface area contributed by atoms with Crippen LogP contribution in [0.15, 0.2) is 0 Å². The molecule has 15 heavy (non-hydrogen) atoms. The van der Waals surface area contributed by atoms with Crippen molar-refractivity contribution in [2.75, 3.05) is 13.1 Å². The highest BCUT2D eigenvalue weighted by Gasteiger charge is 2.25. The lowest BCUT2D eigenvalue weighted by atomic mass is 10.1. The molecule has 1 aliphatic carbocycles. The number of unbranched alkanes of at least 4 members (excludes halogenated alkanes) is 2. The maximum Gasteiger partial charge on any atom is 0.00669 e. The Labute approximate surface area is 96.2 Å². The molecule has 90 valence electrons. The highest BCUT2D eigenvalue weighted by atomic mass is 15.2. The molecule has 1 atom stereocenters. The summed E-state index contributed by atoms with van der Waals surface area (Å²) in [5.74, 6) is 1.05. The highest BCUT2D eigenvalue weighted by molar-refractivity contribution is 4.79. The van der Waals surface area contributed by atoms with Gasteiger partial charge in [0.1, 0.15) is 0 Å². The molecule has 1 nitrogen and oxygen atoms in total. The summed E-state index contributed by atoms with van der Waals surface area (Å²) < 4.78 is 0. The van der Waals surface area contributed by atoms with Crippen LogP contribution in [0.25, 0.3) is 0 Å². The molecule has 1 fully saturated rings. The maximum absolute atomic E-state index is 2.75. The second kappa shape index (κ2) is 7.27. The zero-order valence-corrected chi connectivity index (χ0v) is 11.0. The fourth-order valence-electron chi connectivity index (χ4n) is 2.29. The Kier molecular flexibility index (Phi) is 6.31. The Balaban J connectivity index is 2.22. The summed E-state index contributed by atoms with van der Waals surface area (Å²) in [6.07, 6.45) is 9.83. The monoisotopic (exact) mass is 211 g/mol. The van der Waals surface area contributed by atoms with Gasteiger partial charge in [-0.1, -0.05) is 33.1 Å². The van der Waals surface area contributed by atoms with Crippen LogP contribution in [0.2, 0.25) is 0 Å². The third-order valence-corrected chi connectivity index (χ3v) is 3.57. The summed E-state index contributed by atoms with van der Waals surface area (Å²) in [7, 11) is 0. The van der Waals surface area contributed by atoms with Crippen LogP contribution < -0.4 is 0 Å². The summed E-state index contributed by atoms with van der Waals surface area (Å²) >= 11 is 0. The van der Waals surface area contributed by atoms with Crippen LogP contribution in [-0.4, -0.2) is 24.0 Å². The zero-order chi connectivity index (χ0) is 11.1. The molecule has 0 aromatic rings. The lowest BCUT2D eigenvalue weighted by molar-refractivity contribution is 0.186. The molecule has 1 aliphatic rings. The predicted molar refractivity (Wildman–Crippen MR) is 68.2 cm³/mol. The fourth-order valence-corrected chi connectivity index (χ4v) is 2.29. The van der Waals surface area contributed by atoms with Crippen LogP contribution in [0.4, 0.5) is 0 Å². The van der Waals surface area contributed by atoms with Crippen molar-refractivity contribution in [1.29, 1.82) is 0 Å². The summed E-state index contributed by atoms with van der Waals surface area (Å²) in [4.78, 5) is 2.75. The summed E-state index contributed by atoms with van der Waals surface area (Å²) in [6, 6.07) is 0.812. The lowest BCUT2D eigenvalue weighted by Crippen LogP contribution is -2.35. The first-order valence-corrected chi connectivity index (χ1v) is 7.02. The van der Waals surface area contributed by atoms with E-state index in [0.29, 0.717) is 0 Å². The molecule has 0 aliphatic heterocycles. The van der Waals surface area contributed by atoms with Crippen molar-refractivity contribution in [2.45, 2.75) is 71.8 Å². The largest absolute Gasteiger partial charge is 0.300 e. The van der Waals surface area contributed by atoms with Gasteiger partial charge in [0, 0.05) is 12.6 Å². The summed E-state index contributed by atoms with van der Waals surface area (Å²) in [6.45, 7) is 9.73. The maximum atomic E-state index is 2.75. The molecule has 0 radical (unpaired) electrons. The van der Waals surface area contributed by atoms with Crippen molar-refractivity contribution in [3.63, 3.8) is 0 Å². The first kappa shape index (κ1) is 13.0. The van der Waals surface area contributed by atoms with E-state index in [1.807, 2.05) is 0 Å². The van der Waals surface area contributed by atoms with Crippen LogP contribution in [0.3, 0.4) is 0 Å². The number of nitrogens with zero attached hydrogens (tertiary/aromatic N) is 1. The Morgan fingerprint density at radius 2 is 1.87 bits per heavy atom. The molecule has 0 aromatic carbocycles. The molecule has 1 rings (SSSR count). The van der Waals surface area contributed by atoms with Crippen molar-refractivity contribution in [1.82, 2.24) is 4.90 Å². The van der Waals surface area contributed by atoms with Crippen LogP contribution in [0, 0.1) is 5.92 Å². The average Bonchev–Trinajstić information content (AvgIpc) is 3.01. The third kappa shape index (κ3) is 5.55. The van der Waals surface area contributed by atoms with E-state index in [1.165, 1.54) is 58.0 Å². The van der Waals surface area contributed by atoms with E-state index in [-0.39, 0.29) is 0 Å². The minimum absolute atomic E-state index is 0.812. The standard InChI is InChI=1S/C14H29N/c1-4-6-7-11-15(12-14-9-10-14)13(3)8-5-2/h13-14H,4-12H2,1-3H3. The SMILES string of the molecule is CCCCCN(CC1CC1)C(C)CCC. The molecule has 0 heterocycles. The van der Waals surface area contributed by atoms with Crippen molar-refractivity contribution in [2.24, 2.45) is 5.92 Å². The summed E-state index contributed by atoms with van der Waals surface area (Å²) in [5, 5.41) is 0. The molecule has 0 bridgehead atoms. The molecule has 0 N–H and O–H groups in total. The lowest BCUT2D eigenvalue weighted by Gasteiger charge is -2.29. The normalized spacial score (nSPS) is 18.4. The zero-order valence-electron chi connectivity index (χ0n) is 11.0. The van der Waals surface area contributed by atoms with Gasteiger partial charge < -0.3 is 4.90 Å². The Morgan fingerprint density at radius 1 is 1.13 bits per heavy atom. The highest BCUT2D eigenvalue weighted by Crippen LogP contribution is 2.30. The van der Waals surface area contributed by atoms with Gasteiger partial charge in [-0.15, -0.1) is 0 Å². The van der Waals surface area contributed by atoms with E-state index in [4.69, 9.17) is 0 Å². The summed E-state index contributed by atoms with van der Waals surface area (Å²) in [5.41, 5.74) is 0. The molecule has 0 aromatic heterocycles. The molecular formula is C14H29N. The Morgan fingerprint density at radius 3 is 2.40 bits per heavy atom.